The zero-order chi connectivity index (χ0) is 25.0. The number of amides is 2. The van der Waals surface area contributed by atoms with Crippen molar-refractivity contribution in [1.82, 2.24) is 29.8 Å². The first-order valence-electron chi connectivity index (χ1n) is 11.1. The van der Waals surface area contributed by atoms with Crippen LogP contribution in [0.1, 0.15) is 54.7 Å². The Balaban J connectivity index is 1.62. The van der Waals surface area contributed by atoms with Crippen molar-refractivity contribution in [2.24, 2.45) is 0 Å². The molecule has 2 heterocycles. The minimum Gasteiger partial charge on any atom is -0.465 e. The van der Waals surface area contributed by atoms with Crippen molar-refractivity contribution < 1.29 is 27.9 Å². The van der Waals surface area contributed by atoms with Crippen LogP contribution in [0, 0.1) is 0 Å². The number of carbonyl (C=O) groups is 2. The topological polar surface area (TPSA) is 119 Å². The molecule has 188 valence electrons. The number of rotatable bonds is 9. The Bertz CT molecular complexity index is 988. The number of hydrogen-bond acceptors (Lipinski definition) is 5. The van der Waals surface area contributed by atoms with E-state index in [4.69, 9.17) is 0 Å². The van der Waals surface area contributed by atoms with Crippen molar-refractivity contribution in [3.05, 3.63) is 29.7 Å². The number of aromatic nitrogens is 4. The first-order valence-corrected chi connectivity index (χ1v) is 11.1. The molecule has 1 unspecified atom stereocenters. The predicted octanol–water partition coefficient (Wildman–Crippen LogP) is 3.38. The van der Waals surface area contributed by atoms with Gasteiger partial charge in [0.2, 0.25) is 0 Å². The molecule has 2 aromatic heterocycles. The summed E-state index contributed by atoms with van der Waals surface area (Å²) in [5, 5.41) is 23.5. The quantitative estimate of drug-likeness (QED) is 0.501. The highest BCUT2D eigenvalue weighted by Gasteiger charge is 2.40. The van der Waals surface area contributed by atoms with Crippen LogP contribution in [-0.2, 0) is 6.54 Å². The van der Waals surface area contributed by atoms with E-state index in [1.54, 1.807) is 23.0 Å². The molecule has 10 nitrogen and oxygen atoms in total. The van der Waals surface area contributed by atoms with E-state index in [-0.39, 0.29) is 11.8 Å². The summed E-state index contributed by atoms with van der Waals surface area (Å²) in [6.45, 7) is 2.54. The molecular weight excluding hydrogens is 455 g/mol. The monoisotopic (exact) mass is 485 g/mol. The molecule has 1 aliphatic carbocycles. The molecule has 34 heavy (non-hydrogen) atoms. The summed E-state index contributed by atoms with van der Waals surface area (Å²) in [5.74, 6) is -0.101. The van der Waals surface area contributed by atoms with E-state index in [9.17, 15) is 27.9 Å². The predicted molar refractivity (Wildman–Crippen MR) is 118 cm³/mol. The normalized spacial score (nSPS) is 19.4. The van der Waals surface area contributed by atoms with Crippen LogP contribution in [0.15, 0.2) is 18.3 Å². The second-order valence-corrected chi connectivity index (χ2v) is 8.93. The molecule has 3 atom stereocenters. The lowest BCUT2D eigenvalue weighted by molar-refractivity contribution is -0.145. The maximum absolute atomic E-state index is 12.8. The third kappa shape index (κ3) is 6.49. The van der Waals surface area contributed by atoms with Crippen LogP contribution in [0.25, 0.3) is 0 Å². The molecule has 0 spiro atoms. The lowest BCUT2D eigenvalue weighted by Crippen LogP contribution is -2.46. The summed E-state index contributed by atoms with van der Waals surface area (Å²) in [5.41, 5.74) is 1.03. The number of carboxylic acid groups (broad SMARTS) is 1. The van der Waals surface area contributed by atoms with Crippen LogP contribution in [0.4, 0.5) is 23.8 Å². The van der Waals surface area contributed by atoms with Gasteiger partial charge in [0.15, 0.2) is 0 Å². The fourth-order valence-corrected chi connectivity index (χ4v) is 4.41. The average molecular weight is 486 g/mol. The van der Waals surface area contributed by atoms with Crippen LogP contribution in [0.2, 0.25) is 0 Å². The SMILES string of the molecule is CC(CC(F)(F)F)N(C(=O)O)[C@@H]1CC[C@H](c2cc(NC(=O)c3ccnn3CCN(C)C)[nH]n2)C1. The third-order valence-electron chi connectivity index (χ3n) is 5.99. The highest BCUT2D eigenvalue weighted by molar-refractivity contribution is 6.02. The van der Waals surface area contributed by atoms with Crippen LogP contribution >= 0.6 is 0 Å². The maximum Gasteiger partial charge on any atom is 0.407 e. The van der Waals surface area contributed by atoms with Gasteiger partial charge in [-0.2, -0.15) is 23.4 Å². The van der Waals surface area contributed by atoms with E-state index in [0.29, 0.717) is 49.6 Å². The van der Waals surface area contributed by atoms with Gasteiger partial charge < -0.3 is 20.2 Å². The number of aromatic amines is 1. The summed E-state index contributed by atoms with van der Waals surface area (Å²) in [6.07, 6.45) is -4.04. The number of likely N-dealkylation sites (N-methyl/N-ethyl adjacent to an activating group) is 1. The highest BCUT2D eigenvalue weighted by Crippen LogP contribution is 2.38. The van der Waals surface area contributed by atoms with Crippen molar-refractivity contribution >= 4 is 17.8 Å². The van der Waals surface area contributed by atoms with Gasteiger partial charge >= 0.3 is 12.3 Å². The molecule has 0 saturated heterocycles. The molecule has 2 aromatic rings. The summed E-state index contributed by atoms with van der Waals surface area (Å²) >= 11 is 0. The Morgan fingerprint density at radius 2 is 2.09 bits per heavy atom. The lowest BCUT2D eigenvalue weighted by atomic mass is 10.0. The van der Waals surface area contributed by atoms with E-state index >= 15 is 0 Å². The fourth-order valence-electron chi connectivity index (χ4n) is 4.41. The third-order valence-corrected chi connectivity index (χ3v) is 5.99. The average Bonchev–Trinajstić information content (AvgIpc) is 3.45. The minimum atomic E-state index is -4.44. The number of halogens is 3. The Labute approximate surface area is 195 Å². The number of carbonyl (C=O) groups excluding carboxylic acids is 1. The number of hydrogen-bond donors (Lipinski definition) is 3. The first-order chi connectivity index (χ1) is 15.9. The molecule has 13 heteroatoms. The van der Waals surface area contributed by atoms with Gasteiger partial charge in [-0.3, -0.25) is 14.6 Å². The second-order valence-electron chi connectivity index (χ2n) is 8.93. The second kappa shape index (κ2) is 10.5. The number of H-pyrrole nitrogens is 1. The Hall–Kier alpha value is -3.09. The zero-order valence-electron chi connectivity index (χ0n) is 19.3. The van der Waals surface area contributed by atoms with Crippen molar-refractivity contribution in [1.29, 1.82) is 0 Å². The van der Waals surface area contributed by atoms with Gasteiger partial charge in [0.1, 0.15) is 11.5 Å². The molecular formula is C21H30F3N7O3. The fraction of sp³-hybridized carbons (Fsp3) is 0.619. The van der Waals surface area contributed by atoms with E-state index < -0.39 is 30.8 Å². The molecule has 0 aliphatic heterocycles. The number of nitrogens with zero attached hydrogens (tertiary/aromatic N) is 5. The molecule has 2 amide bonds. The van der Waals surface area contributed by atoms with E-state index in [1.807, 2.05) is 19.0 Å². The van der Waals surface area contributed by atoms with Gasteiger partial charge in [0, 0.05) is 36.8 Å². The smallest absolute Gasteiger partial charge is 0.407 e. The van der Waals surface area contributed by atoms with Crippen LogP contribution in [0.5, 0.6) is 0 Å². The van der Waals surface area contributed by atoms with Crippen molar-refractivity contribution in [2.45, 2.75) is 63.3 Å². The summed E-state index contributed by atoms with van der Waals surface area (Å²) in [7, 11) is 3.85. The van der Waals surface area contributed by atoms with Gasteiger partial charge in [-0.1, -0.05) is 0 Å². The lowest BCUT2D eigenvalue weighted by Gasteiger charge is -2.32. The zero-order valence-corrected chi connectivity index (χ0v) is 19.3. The molecule has 3 rings (SSSR count). The van der Waals surface area contributed by atoms with E-state index in [0.717, 1.165) is 4.90 Å². The van der Waals surface area contributed by atoms with Crippen molar-refractivity contribution in [3.63, 3.8) is 0 Å². The van der Waals surface area contributed by atoms with Gasteiger partial charge in [-0.05, 0) is 46.3 Å². The van der Waals surface area contributed by atoms with Gasteiger partial charge in [-0.15, -0.1) is 0 Å². The van der Waals surface area contributed by atoms with Gasteiger partial charge in [0.25, 0.3) is 5.91 Å². The minimum absolute atomic E-state index is 0.127. The molecule has 1 saturated carbocycles. The molecule has 0 bridgehead atoms. The van der Waals surface area contributed by atoms with Crippen LogP contribution < -0.4 is 5.32 Å². The van der Waals surface area contributed by atoms with E-state index in [1.165, 1.54) is 6.92 Å². The molecule has 3 N–H and O–H groups in total. The van der Waals surface area contributed by atoms with Gasteiger partial charge in [-0.25, -0.2) is 4.79 Å². The van der Waals surface area contributed by atoms with Crippen molar-refractivity contribution in [3.8, 4) is 0 Å². The van der Waals surface area contributed by atoms with Crippen LogP contribution in [0.3, 0.4) is 0 Å². The van der Waals surface area contributed by atoms with Crippen molar-refractivity contribution in [2.75, 3.05) is 26.0 Å². The molecule has 1 fully saturated rings. The molecule has 0 radical (unpaired) electrons. The largest absolute Gasteiger partial charge is 0.465 e. The molecule has 1 aliphatic rings. The van der Waals surface area contributed by atoms with Gasteiger partial charge in [0.05, 0.1) is 18.7 Å². The standard InChI is InChI=1S/C21H30F3N7O3/c1-13(12-21(22,23)24)31(20(33)34)15-5-4-14(10-15)16-11-18(28-27-16)26-19(32)17-6-7-25-30(17)9-8-29(2)3/h6-7,11,13-15H,4-5,8-10,12H2,1-3H3,(H,33,34)(H2,26,27,28,32)/t13?,14-,15+/m0/s1. The van der Waals surface area contributed by atoms with Crippen LogP contribution in [-0.4, -0.2) is 85.8 Å². The Morgan fingerprint density at radius 3 is 2.74 bits per heavy atom. The Kier molecular flexibility index (Phi) is 7.85. The maximum atomic E-state index is 12.8. The number of anilines is 1. The highest BCUT2D eigenvalue weighted by atomic mass is 19.4. The first kappa shape index (κ1) is 25.5. The van der Waals surface area contributed by atoms with E-state index in [2.05, 4.69) is 20.6 Å². The summed E-state index contributed by atoms with van der Waals surface area (Å²) in [4.78, 5) is 27.3. The summed E-state index contributed by atoms with van der Waals surface area (Å²) in [6, 6.07) is 1.59. The summed E-state index contributed by atoms with van der Waals surface area (Å²) < 4.78 is 40.0. The Morgan fingerprint density at radius 1 is 1.35 bits per heavy atom. The number of alkyl halides is 3. The number of nitrogens with one attached hydrogen (secondary N) is 2. The molecule has 0 aromatic carbocycles.